The number of methoxy groups -OCH3 is 1. The molecule has 0 spiro atoms. The first-order valence-electron chi connectivity index (χ1n) is 7.43. The first kappa shape index (κ1) is 16.1. The van der Waals surface area contributed by atoms with Crippen LogP contribution in [0.2, 0.25) is 0 Å². The lowest BCUT2D eigenvalue weighted by atomic mass is 10.1. The Morgan fingerprint density at radius 2 is 1.95 bits per heavy atom. The molecule has 0 saturated heterocycles. The van der Waals surface area contributed by atoms with E-state index in [2.05, 4.69) is 27.8 Å². The van der Waals surface area contributed by atoms with E-state index in [4.69, 9.17) is 9.15 Å². The molecular weight excluding hydrogens is 278 g/mol. The summed E-state index contributed by atoms with van der Waals surface area (Å²) >= 11 is 0. The average Bonchev–Trinajstić information content (AvgIpc) is 3.05. The summed E-state index contributed by atoms with van der Waals surface area (Å²) in [5, 5.41) is 6.49. The monoisotopic (exact) mass is 301 g/mol. The maximum Gasteiger partial charge on any atom is 0.191 e. The smallest absolute Gasteiger partial charge is 0.191 e. The predicted molar refractivity (Wildman–Crippen MR) is 87.5 cm³/mol. The molecule has 5 heteroatoms. The molecule has 5 nitrogen and oxygen atoms in total. The van der Waals surface area contributed by atoms with E-state index in [1.54, 1.807) is 13.4 Å². The van der Waals surface area contributed by atoms with Crippen LogP contribution in [0.1, 0.15) is 23.8 Å². The molecule has 118 valence electrons. The van der Waals surface area contributed by atoms with E-state index in [1.807, 2.05) is 31.2 Å². The largest absolute Gasteiger partial charge is 0.467 e. The van der Waals surface area contributed by atoms with E-state index < -0.39 is 0 Å². The maximum absolute atomic E-state index is 5.31. The van der Waals surface area contributed by atoms with Crippen LogP contribution in [-0.4, -0.2) is 19.6 Å². The molecule has 1 aromatic heterocycles. The Balaban J connectivity index is 2.00. The zero-order chi connectivity index (χ0) is 15.6. The molecule has 22 heavy (non-hydrogen) atoms. The highest BCUT2D eigenvalue weighted by atomic mass is 16.5. The summed E-state index contributed by atoms with van der Waals surface area (Å²) in [6.45, 7) is 4.67. The molecule has 2 N–H and O–H groups in total. The molecule has 0 aliphatic heterocycles. The molecule has 0 aliphatic rings. The van der Waals surface area contributed by atoms with Gasteiger partial charge in [-0.3, -0.25) is 0 Å². The second kappa shape index (κ2) is 8.89. The number of hydrogen-bond acceptors (Lipinski definition) is 3. The third-order valence-corrected chi connectivity index (χ3v) is 3.18. The van der Waals surface area contributed by atoms with Gasteiger partial charge in [0.15, 0.2) is 5.96 Å². The molecule has 0 saturated carbocycles. The minimum atomic E-state index is 0.599. The second-order valence-corrected chi connectivity index (χ2v) is 4.83. The van der Waals surface area contributed by atoms with E-state index in [9.17, 15) is 0 Å². The predicted octanol–water partition coefficient (Wildman–Crippen LogP) is 2.68. The summed E-state index contributed by atoms with van der Waals surface area (Å²) in [5.41, 5.74) is 2.33. The molecule has 2 aromatic rings. The molecule has 1 aromatic carbocycles. The number of aliphatic imine (C=N–C) groups is 1. The Bertz CT molecular complexity index is 579. The Morgan fingerprint density at radius 1 is 1.14 bits per heavy atom. The van der Waals surface area contributed by atoms with Crippen LogP contribution < -0.4 is 10.6 Å². The van der Waals surface area contributed by atoms with E-state index in [0.717, 1.165) is 23.8 Å². The van der Waals surface area contributed by atoms with Crippen LogP contribution in [0.4, 0.5) is 0 Å². The van der Waals surface area contributed by atoms with E-state index >= 15 is 0 Å². The lowest BCUT2D eigenvalue weighted by Crippen LogP contribution is -2.36. The molecule has 0 bridgehead atoms. The molecule has 1 heterocycles. The van der Waals surface area contributed by atoms with Gasteiger partial charge in [-0.05, 0) is 30.2 Å². The van der Waals surface area contributed by atoms with Crippen LogP contribution in [-0.2, 0) is 24.4 Å². The van der Waals surface area contributed by atoms with Gasteiger partial charge in [0.1, 0.15) is 5.76 Å². The van der Waals surface area contributed by atoms with Crippen molar-refractivity contribution >= 4 is 5.96 Å². The SMILES string of the molecule is CCNC(=NCc1ccccc1COC)NCc1ccco1. The molecule has 0 unspecified atom stereocenters. The van der Waals surface area contributed by atoms with Crippen molar-refractivity contribution in [3.05, 3.63) is 59.5 Å². The maximum atomic E-state index is 5.31. The average molecular weight is 301 g/mol. The van der Waals surface area contributed by atoms with Crippen molar-refractivity contribution in [2.45, 2.75) is 26.6 Å². The van der Waals surface area contributed by atoms with Crippen LogP contribution in [0.25, 0.3) is 0 Å². The molecule has 2 rings (SSSR count). The molecule has 0 radical (unpaired) electrons. The van der Waals surface area contributed by atoms with Crippen LogP contribution in [0.5, 0.6) is 0 Å². The topological polar surface area (TPSA) is 58.8 Å². The van der Waals surface area contributed by atoms with Gasteiger partial charge in [0, 0.05) is 13.7 Å². The first-order valence-corrected chi connectivity index (χ1v) is 7.43. The van der Waals surface area contributed by atoms with Crippen molar-refractivity contribution in [2.75, 3.05) is 13.7 Å². The van der Waals surface area contributed by atoms with Gasteiger partial charge < -0.3 is 19.8 Å². The number of nitrogens with zero attached hydrogens (tertiary/aromatic N) is 1. The van der Waals surface area contributed by atoms with Crippen LogP contribution in [0.15, 0.2) is 52.1 Å². The Labute approximate surface area is 131 Å². The number of ether oxygens (including phenoxy) is 1. The number of benzene rings is 1. The first-order chi connectivity index (χ1) is 10.8. The van der Waals surface area contributed by atoms with Crippen LogP contribution >= 0.6 is 0 Å². The lowest BCUT2D eigenvalue weighted by Gasteiger charge is -2.11. The van der Waals surface area contributed by atoms with Crippen LogP contribution in [0, 0.1) is 0 Å². The number of guanidine groups is 1. The summed E-state index contributed by atoms with van der Waals surface area (Å²) in [4.78, 5) is 4.62. The minimum absolute atomic E-state index is 0.599. The van der Waals surface area contributed by atoms with Gasteiger partial charge in [0.2, 0.25) is 0 Å². The van der Waals surface area contributed by atoms with Gasteiger partial charge in [-0.2, -0.15) is 0 Å². The van der Waals surface area contributed by atoms with E-state index in [-0.39, 0.29) is 0 Å². The lowest BCUT2D eigenvalue weighted by molar-refractivity contribution is 0.184. The number of nitrogens with one attached hydrogen (secondary N) is 2. The fourth-order valence-electron chi connectivity index (χ4n) is 2.10. The normalized spacial score (nSPS) is 11.5. The van der Waals surface area contributed by atoms with Gasteiger partial charge in [-0.25, -0.2) is 4.99 Å². The molecule has 0 fully saturated rings. The number of hydrogen-bond donors (Lipinski definition) is 2. The third kappa shape index (κ3) is 4.93. The highest BCUT2D eigenvalue weighted by Gasteiger charge is 2.03. The zero-order valence-electron chi connectivity index (χ0n) is 13.1. The molecular formula is C17H23N3O2. The summed E-state index contributed by atoms with van der Waals surface area (Å²) < 4.78 is 10.5. The minimum Gasteiger partial charge on any atom is -0.467 e. The van der Waals surface area contributed by atoms with Crippen molar-refractivity contribution < 1.29 is 9.15 Å². The van der Waals surface area contributed by atoms with E-state index in [1.165, 1.54) is 5.56 Å². The fourth-order valence-corrected chi connectivity index (χ4v) is 2.10. The molecule has 0 atom stereocenters. The third-order valence-electron chi connectivity index (χ3n) is 3.18. The summed E-state index contributed by atoms with van der Waals surface area (Å²) in [6, 6.07) is 12.0. The molecule has 0 aliphatic carbocycles. The Morgan fingerprint density at radius 3 is 2.64 bits per heavy atom. The van der Waals surface area contributed by atoms with Gasteiger partial charge >= 0.3 is 0 Å². The van der Waals surface area contributed by atoms with Crippen molar-refractivity contribution in [1.29, 1.82) is 0 Å². The standard InChI is InChI=1S/C17H23N3O2/c1-3-18-17(20-12-16-9-6-10-22-16)19-11-14-7-4-5-8-15(14)13-21-2/h4-10H,3,11-13H2,1-2H3,(H2,18,19,20). The quantitative estimate of drug-likeness (QED) is 0.610. The summed E-state index contributed by atoms with van der Waals surface area (Å²) in [6.07, 6.45) is 1.67. The van der Waals surface area contributed by atoms with Gasteiger partial charge in [0.25, 0.3) is 0 Å². The van der Waals surface area contributed by atoms with Gasteiger partial charge in [-0.15, -0.1) is 0 Å². The van der Waals surface area contributed by atoms with E-state index in [0.29, 0.717) is 19.7 Å². The fraction of sp³-hybridized carbons (Fsp3) is 0.353. The highest BCUT2D eigenvalue weighted by molar-refractivity contribution is 5.79. The van der Waals surface area contributed by atoms with Crippen LogP contribution in [0.3, 0.4) is 0 Å². The number of furan rings is 1. The van der Waals surface area contributed by atoms with Crippen molar-refractivity contribution in [1.82, 2.24) is 10.6 Å². The van der Waals surface area contributed by atoms with Crippen molar-refractivity contribution in [2.24, 2.45) is 4.99 Å². The Kier molecular flexibility index (Phi) is 6.51. The highest BCUT2D eigenvalue weighted by Crippen LogP contribution is 2.11. The van der Waals surface area contributed by atoms with Crippen molar-refractivity contribution in [3.63, 3.8) is 0 Å². The summed E-state index contributed by atoms with van der Waals surface area (Å²) in [7, 11) is 1.70. The van der Waals surface area contributed by atoms with Crippen molar-refractivity contribution in [3.8, 4) is 0 Å². The van der Waals surface area contributed by atoms with Gasteiger partial charge in [0.05, 0.1) is 26.0 Å². The number of rotatable bonds is 7. The molecule has 0 amide bonds. The second-order valence-electron chi connectivity index (χ2n) is 4.83. The Hall–Kier alpha value is -2.27. The zero-order valence-corrected chi connectivity index (χ0v) is 13.1. The van der Waals surface area contributed by atoms with Gasteiger partial charge in [-0.1, -0.05) is 24.3 Å². The summed E-state index contributed by atoms with van der Waals surface area (Å²) in [5.74, 6) is 1.65.